The van der Waals surface area contributed by atoms with E-state index in [9.17, 15) is 21.6 Å². The zero-order valence-corrected chi connectivity index (χ0v) is 17.6. The van der Waals surface area contributed by atoms with Gasteiger partial charge in [-0.15, -0.1) is 0 Å². The van der Waals surface area contributed by atoms with E-state index in [2.05, 4.69) is 16.9 Å². The van der Waals surface area contributed by atoms with Gasteiger partial charge in [0.2, 0.25) is 10.0 Å². The Balaban J connectivity index is 0.000000396. The maximum Gasteiger partial charge on any atom is 0.490 e. The molecule has 170 valence electrons. The number of ether oxygens (including phenoxy) is 1. The minimum Gasteiger partial charge on any atom is -0.475 e. The Labute approximate surface area is 173 Å². The fraction of sp³-hybridized carbons (Fsp3) is 0.667. The summed E-state index contributed by atoms with van der Waals surface area (Å²) in [4.78, 5) is 15.4. The van der Waals surface area contributed by atoms with Crippen molar-refractivity contribution in [1.82, 2.24) is 14.2 Å². The number of carboxylic acid groups (broad SMARTS) is 1. The minimum absolute atomic E-state index is 0.0324. The lowest BCUT2D eigenvalue weighted by molar-refractivity contribution is -0.192. The highest BCUT2D eigenvalue weighted by molar-refractivity contribution is 7.89. The number of alkyl halides is 3. The van der Waals surface area contributed by atoms with Crippen molar-refractivity contribution in [2.75, 3.05) is 39.9 Å². The first-order chi connectivity index (χ1) is 13.9. The highest BCUT2D eigenvalue weighted by atomic mass is 32.2. The van der Waals surface area contributed by atoms with E-state index in [0.29, 0.717) is 19.0 Å². The molecule has 1 aromatic heterocycles. The number of likely N-dealkylation sites (tertiary alicyclic amines) is 1. The van der Waals surface area contributed by atoms with E-state index < -0.39 is 22.2 Å². The molecule has 2 aliphatic rings. The Morgan fingerprint density at radius 3 is 2.53 bits per heavy atom. The van der Waals surface area contributed by atoms with Crippen molar-refractivity contribution in [2.45, 2.75) is 36.4 Å². The van der Waals surface area contributed by atoms with E-state index in [1.54, 1.807) is 22.6 Å². The molecule has 8 nitrogen and oxygen atoms in total. The summed E-state index contributed by atoms with van der Waals surface area (Å²) in [6.45, 7) is 5.64. The molecule has 1 spiro atoms. The first-order valence-corrected chi connectivity index (χ1v) is 10.9. The van der Waals surface area contributed by atoms with Gasteiger partial charge < -0.3 is 9.84 Å². The fourth-order valence-corrected chi connectivity index (χ4v) is 5.20. The molecule has 0 saturated carbocycles. The molecular weight excluding hydrogens is 427 g/mol. The topological polar surface area (TPSA) is 100 Å². The predicted molar refractivity (Wildman–Crippen MR) is 101 cm³/mol. The van der Waals surface area contributed by atoms with E-state index in [1.165, 1.54) is 6.20 Å². The molecule has 2 saturated heterocycles. The Kier molecular flexibility index (Phi) is 7.83. The fourth-order valence-electron chi connectivity index (χ4n) is 3.63. The van der Waals surface area contributed by atoms with Crippen LogP contribution in [-0.2, 0) is 19.6 Å². The van der Waals surface area contributed by atoms with Gasteiger partial charge in [0.25, 0.3) is 0 Å². The quantitative estimate of drug-likeness (QED) is 0.726. The lowest BCUT2D eigenvalue weighted by Gasteiger charge is -2.57. The van der Waals surface area contributed by atoms with Crippen molar-refractivity contribution in [3.05, 3.63) is 24.5 Å². The van der Waals surface area contributed by atoms with Crippen LogP contribution in [0.15, 0.2) is 29.4 Å². The third-order valence-electron chi connectivity index (χ3n) is 5.36. The molecule has 2 aliphatic heterocycles. The average molecular weight is 453 g/mol. The Morgan fingerprint density at radius 2 is 2.03 bits per heavy atom. The van der Waals surface area contributed by atoms with Crippen molar-refractivity contribution < 1.29 is 36.2 Å². The van der Waals surface area contributed by atoms with E-state index >= 15 is 0 Å². The predicted octanol–water partition coefficient (Wildman–Crippen LogP) is 1.84. The van der Waals surface area contributed by atoms with Crippen LogP contribution in [-0.4, -0.2) is 85.3 Å². The number of hydrogen-bond acceptors (Lipinski definition) is 6. The van der Waals surface area contributed by atoms with Gasteiger partial charge in [-0.2, -0.15) is 17.5 Å². The molecule has 0 aliphatic carbocycles. The summed E-state index contributed by atoms with van der Waals surface area (Å²) in [7, 11) is -1.32. The molecule has 3 heterocycles. The summed E-state index contributed by atoms with van der Waals surface area (Å²) in [5.41, 5.74) is -0.0324. The van der Waals surface area contributed by atoms with Gasteiger partial charge in [0.15, 0.2) is 0 Å². The number of aliphatic carboxylic acids is 1. The van der Waals surface area contributed by atoms with Crippen LogP contribution in [0.2, 0.25) is 0 Å². The molecule has 12 heteroatoms. The number of piperidine rings is 1. The van der Waals surface area contributed by atoms with Gasteiger partial charge >= 0.3 is 12.1 Å². The highest BCUT2D eigenvalue weighted by Crippen LogP contribution is 2.40. The maximum absolute atomic E-state index is 12.6. The van der Waals surface area contributed by atoms with Gasteiger partial charge in [-0.3, -0.25) is 9.88 Å². The number of rotatable bonds is 5. The summed E-state index contributed by atoms with van der Waals surface area (Å²) in [5.74, 6) is -2.23. The highest BCUT2D eigenvalue weighted by Gasteiger charge is 2.53. The molecule has 3 rings (SSSR count). The summed E-state index contributed by atoms with van der Waals surface area (Å²) >= 11 is 0. The van der Waals surface area contributed by atoms with E-state index in [0.717, 1.165) is 32.6 Å². The zero-order chi connectivity index (χ0) is 22.6. The van der Waals surface area contributed by atoms with E-state index in [4.69, 9.17) is 14.6 Å². The SMILES string of the molecule is CCOCC1CCN(C)C2(C1)CN(S(=O)(=O)c1cccnc1)C2.O=C(O)C(F)(F)F. The lowest BCUT2D eigenvalue weighted by atomic mass is 9.77. The van der Waals surface area contributed by atoms with Gasteiger partial charge in [0.1, 0.15) is 4.90 Å². The summed E-state index contributed by atoms with van der Waals surface area (Å²) in [6.07, 6.45) is 0.0445. The number of pyridine rings is 1. The number of sulfonamides is 1. The van der Waals surface area contributed by atoms with Gasteiger partial charge in [-0.25, -0.2) is 13.2 Å². The van der Waals surface area contributed by atoms with Gasteiger partial charge in [-0.05, 0) is 51.4 Å². The van der Waals surface area contributed by atoms with Gasteiger partial charge in [-0.1, -0.05) is 0 Å². The molecule has 0 aromatic carbocycles. The third-order valence-corrected chi connectivity index (χ3v) is 7.14. The smallest absolute Gasteiger partial charge is 0.475 e. The molecule has 1 atom stereocenters. The van der Waals surface area contributed by atoms with Crippen LogP contribution in [0.1, 0.15) is 19.8 Å². The average Bonchev–Trinajstić information content (AvgIpc) is 2.66. The second-order valence-electron chi connectivity index (χ2n) is 7.43. The first kappa shape index (κ1) is 24.5. The van der Waals surface area contributed by atoms with Crippen molar-refractivity contribution in [1.29, 1.82) is 0 Å². The number of aromatic nitrogens is 1. The summed E-state index contributed by atoms with van der Waals surface area (Å²) in [6, 6.07) is 3.27. The number of likely N-dealkylation sites (N-methyl/N-ethyl adjacent to an activating group) is 1. The molecule has 0 amide bonds. The molecule has 0 bridgehead atoms. The molecule has 2 fully saturated rings. The van der Waals surface area contributed by atoms with Gasteiger partial charge in [0.05, 0.1) is 0 Å². The minimum atomic E-state index is -5.08. The molecule has 30 heavy (non-hydrogen) atoms. The number of nitrogens with zero attached hydrogens (tertiary/aromatic N) is 3. The molecular formula is C18H26F3N3O5S. The van der Waals surface area contributed by atoms with Crippen LogP contribution < -0.4 is 0 Å². The summed E-state index contributed by atoms with van der Waals surface area (Å²) in [5, 5.41) is 7.12. The van der Waals surface area contributed by atoms with Gasteiger partial charge in [0, 0.05) is 44.2 Å². The van der Waals surface area contributed by atoms with Crippen molar-refractivity contribution in [3.63, 3.8) is 0 Å². The normalized spacial score (nSPS) is 22.1. The van der Waals surface area contributed by atoms with Crippen molar-refractivity contribution in [2.24, 2.45) is 5.92 Å². The molecule has 0 radical (unpaired) electrons. The van der Waals surface area contributed by atoms with Crippen LogP contribution in [0, 0.1) is 5.92 Å². The number of carbonyl (C=O) groups is 1. The first-order valence-electron chi connectivity index (χ1n) is 9.41. The van der Waals surface area contributed by atoms with E-state index in [1.807, 2.05) is 6.92 Å². The molecule has 1 unspecified atom stereocenters. The largest absolute Gasteiger partial charge is 0.490 e. The lowest BCUT2D eigenvalue weighted by Crippen LogP contribution is -2.72. The summed E-state index contributed by atoms with van der Waals surface area (Å²) < 4.78 is 64.2. The van der Waals surface area contributed by atoms with Crippen LogP contribution in [0.3, 0.4) is 0 Å². The monoisotopic (exact) mass is 453 g/mol. The third kappa shape index (κ3) is 5.68. The Hall–Kier alpha value is -1.76. The second-order valence-corrected chi connectivity index (χ2v) is 9.37. The molecule has 1 aromatic rings. The second kappa shape index (κ2) is 9.58. The number of carboxylic acids is 1. The standard InChI is InChI=1S/C16H25N3O3S.C2HF3O2/c1-3-22-11-14-6-8-18(2)16(9-14)12-19(13-16)23(20,21)15-5-4-7-17-10-15;3-2(4,5)1(6)7/h4-5,7,10,14H,3,6,8-9,11-13H2,1-2H3;(H,6,7). The van der Waals surface area contributed by atoms with Crippen molar-refractivity contribution >= 4 is 16.0 Å². The maximum atomic E-state index is 12.6. The zero-order valence-electron chi connectivity index (χ0n) is 16.8. The van der Waals surface area contributed by atoms with Crippen LogP contribution in [0.4, 0.5) is 13.2 Å². The Morgan fingerprint density at radius 1 is 1.40 bits per heavy atom. The van der Waals surface area contributed by atoms with Crippen molar-refractivity contribution in [3.8, 4) is 0 Å². The van der Waals surface area contributed by atoms with Crippen LogP contribution in [0.25, 0.3) is 0 Å². The Bertz CT molecular complexity index is 812. The number of halogens is 3. The van der Waals surface area contributed by atoms with Crippen LogP contribution in [0.5, 0.6) is 0 Å². The number of hydrogen-bond donors (Lipinski definition) is 1. The van der Waals surface area contributed by atoms with E-state index in [-0.39, 0.29) is 10.4 Å². The molecule has 1 N–H and O–H groups in total. The van der Waals surface area contributed by atoms with Crippen LogP contribution >= 0.6 is 0 Å².